The minimum absolute atomic E-state index is 0.0236. The average Bonchev–Trinajstić information content (AvgIpc) is 2.88. The van der Waals surface area contributed by atoms with Crippen molar-refractivity contribution < 1.29 is 14.5 Å². The zero-order valence-corrected chi connectivity index (χ0v) is 10.9. The molecule has 20 heavy (non-hydrogen) atoms. The number of esters is 1. The van der Waals surface area contributed by atoms with E-state index in [9.17, 15) is 14.9 Å². The predicted molar refractivity (Wildman–Crippen MR) is 66.8 cm³/mol. The number of benzene rings is 1. The van der Waals surface area contributed by atoms with Gasteiger partial charge in [-0.15, -0.1) is 5.10 Å². The lowest BCUT2D eigenvalue weighted by Crippen LogP contribution is -2.13. The third-order valence-electron chi connectivity index (χ3n) is 2.30. The molecule has 0 unspecified atom stereocenters. The first-order valence-electron chi connectivity index (χ1n) is 5.44. The van der Waals surface area contributed by atoms with Gasteiger partial charge in [0.15, 0.2) is 0 Å². The normalized spacial score (nSPS) is 10.3. The maximum Gasteiger partial charge on any atom is 0.378 e. The highest BCUT2D eigenvalue weighted by Crippen LogP contribution is 2.26. The van der Waals surface area contributed by atoms with Crippen LogP contribution in [-0.4, -0.2) is 37.7 Å². The monoisotopic (exact) mass is 297 g/mol. The van der Waals surface area contributed by atoms with Gasteiger partial charge in [0.2, 0.25) is 0 Å². The van der Waals surface area contributed by atoms with Gasteiger partial charge in [-0.3, -0.25) is 10.1 Å². The summed E-state index contributed by atoms with van der Waals surface area (Å²) in [5.41, 5.74) is -0.0800. The third kappa shape index (κ3) is 2.57. The molecule has 1 heterocycles. The van der Waals surface area contributed by atoms with Crippen molar-refractivity contribution in [1.82, 2.24) is 20.2 Å². The number of nitrogens with zero attached hydrogens (tertiary/aromatic N) is 5. The molecule has 0 fully saturated rings. The van der Waals surface area contributed by atoms with Gasteiger partial charge in [-0.05, 0) is 29.5 Å². The largest absolute Gasteiger partial charge is 0.460 e. The first kappa shape index (κ1) is 13.9. The molecule has 10 heteroatoms. The second-order valence-corrected chi connectivity index (χ2v) is 3.93. The van der Waals surface area contributed by atoms with Crippen molar-refractivity contribution in [3.8, 4) is 5.69 Å². The van der Waals surface area contributed by atoms with Crippen LogP contribution in [0.4, 0.5) is 5.69 Å². The molecule has 1 aromatic heterocycles. The number of rotatable bonds is 4. The molecular formula is C10H8ClN5O4. The van der Waals surface area contributed by atoms with E-state index in [2.05, 4.69) is 15.5 Å². The molecule has 0 aliphatic carbocycles. The number of tetrazole rings is 1. The lowest BCUT2D eigenvalue weighted by molar-refractivity contribution is -0.384. The van der Waals surface area contributed by atoms with Crippen molar-refractivity contribution in [1.29, 1.82) is 0 Å². The maximum atomic E-state index is 11.6. The van der Waals surface area contributed by atoms with Gasteiger partial charge in [-0.25, -0.2) is 4.79 Å². The summed E-state index contributed by atoms with van der Waals surface area (Å²) in [5.74, 6) is -0.904. The lowest BCUT2D eigenvalue weighted by atomic mass is 10.3. The Bertz CT molecular complexity index is 671. The molecule has 2 aromatic rings. The number of nitro groups is 1. The second kappa shape index (κ2) is 5.61. The average molecular weight is 298 g/mol. The quantitative estimate of drug-likeness (QED) is 0.476. The Labute approximate surface area is 117 Å². The van der Waals surface area contributed by atoms with E-state index in [4.69, 9.17) is 16.3 Å². The Morgan fingerprint density at radius 2 is 2.30 bits per heavy atom. The number of halogens is 1. The Morgan fingerprint density at radius 3 is 2.95 bits per heavy atom. The number of aromatic nitrogens is 4. The molecule has 0 aliphatic heterocycles. The Balaban J connectivity index is 2.48. The maximum absolute atomic E-state index is 11.6. The summed E-state index contributed by atoms with van der Waals surface area (Å²) in [5, 5.41) is 21.3. The summed E-state index contributed by atoms with van der Waals surface area (Å²) in [6, 6.07) is 3.95. The Hall–Kier alpha value is -2.55. The molecule has 0 spiro atoms. The number of carbonyl (C=O) groups is 1. The number of hydrogen-bond acceptors (Lipinski definition) is 7. The van der Waals surface area contributed by atoms with Gasteiger partial charge < -0.3 is 4.74 Å². The molecule has 0 aliphatic rings. The van der Waals surface area contributed by atoms with Crippen LogP contribution in [0, 0.1) is 10.1 Å². The lowest BCUT2D eigenvalue weighted by Gasteiger charge is -2.04. The number of hydrogen-bond donors (Lipinski definition) is 0. The van der Waals surface area contributed by atoms with Crippen LogP contribution < -0.4 is 0 Å². The first-order chi connectivity index (χ1) is 9.54. The molecule has 0 saturated carbocycles. The Kier molecular flexibility index (Phi) is 3.89. The number of nitro benzene ring substituents is 1. The summed E-state index contributed by atoms with van der Waals surface area (Å²) >= 11 is 5.71. The predicted octanol–water partition coefficient (Wildman–Crippen LogP) is 1.40. The van der Waals surface area contributed by atoms with Crippen molar-refractivity contribution in [2.75, 3.05) is 6.61 Å². The fourth-order valence-corrected chi connectivity index (χ4v) is 1.64. The van der Waals surface area contributed by atoms with Gasteiger partial charge in [-0.2, -0.15) is 4.68 Å². The van der Waals surface area contributed by atoms with Crippen LogP contribution in [0.5, 0.6) is 0 Å². The summed E-state index contributed by atoms with van der Waals surface area (Å²) in [6.45, 7) is 1.80. The van der Waals surface area contributed by atoms with Crippen LogP contribution in [0.1, 0.15) is 17.5 Å². The van der Waals surface area contributed by atoms with E-state index in [0.717, 1.165) is 4.68 Å². The molecule has 0 saturated heterocycles. The zero-order chi connectivity index (χ0) is 14.7. The van der Waals surface area contributed by atoms with Crippen LogP contribution in [0.2, 0.25) is 5.02 Å². The fraction of sp³-hybridized carbons (Fsp3) is 0.200. The van der Waals surface area contributed by atoms with Gasteiger partial charge in [-0.1, -0.05) is 11.6 Å². The van der Waals surface area contributed by atoms with Crippen molar-refractivity contribution in [2.24, 2.45) is 0 Å². The molecule has 0 radical (unpaired) electrons. The number of ether oxygens (including phenoxy) is 1. The van der Waals surface area contributed by atoms with Gasteiger partial charge in [0, 0.05) is 6.07 Å². The van der Waals surface area contributed by atoms with E-state index >= 15 is 0 Å². The molecule has 0 bridgehead atoms. The van der Waals surface area contributed by atoms with Crippen LogP contribution >= 0.6 is 11.6 Å². The summed E-state index contributed by atoms with van der Waals surface area (Å²) in [4.78, 5) is 21.8. The minimum atomic E-state index is -0.727. The SMILES string of the molecule is CCOC(=O)c1nnnn1-c1ccc(Cl)c([N+](=O)[O-])c1. The Morgan fingerprint density at radius 1 is 1.55 bits per heavy atom. The van der Waals surface area contributed by atoms with E-state index in [1.54, 1.807) is 6.92 Å². The first-order valence-corrected chi connectivity index (χ1v) is 5.82. The van der Waals surface area contributed by atoms with Gasteiger partial charge in [0.1, 0.15) is 5.02 Å². The third-order valence-corrected chi connectivity index (χ3v) is 2.62. The molecule has 0 amide bonds. The molecule has 2 rings (SSSR count). The summed E-state index contributed by atoms with van der Waals surface area (Å²) in [6.07, 6.45) is 0. The van der Waals surface area contributed by atoms with E-state index in [1.165, 1.54) is 18.2 Å². The standard InChI is InChI=1S/C10H8ClN5O4/c1-2-20-10(17)9-12-13-14-15(9)6-3-4-7(11)8(5-6)16(18)19/h3-5H,2H2,1H3. The van der Waals surface area contributed by atoms with Crippen LogP contribution in [-0.2, 0) is 4.74 Å². The number of carbonyl (C=O) groups excluding carboxylic acids is 1. The van der Waals surface area contributed by atoms with Crippen molar-refractivity contribution in [3.05, 3.63) is 39.2 Å². The second-order valence-electron chi connectivity index (χ2n) is 3.53. The smallest absolute Gasteiger partial charge is 0.378 e. The van der Waals surface area contributed by atoms with Crippen molar-refractivity contribution in [2.45, 2.75) is 6.92 Å². The zero-order valence-electron chi connectivity index (χ0n) is 10.2. The summed E-state index contributed by atoms with van der Waals surface area (Å²) < 4.78 is 5.83. The minimum Gasteiger partial charge on any atom is -0.460 e. The van der Waals surface area contributed by atoms with E-state index < -0.39 is 10.9 Å². The fourth-order valence-electron chi connectivity index (χ4n) is 1.46. The molecule has 0 N–H and O–H groups in total. The molecule has 1 aromatic carbocycles. The van der Waals surface area contributed by atoms with Crippen LogP contribution in [0.15, 0.2) is 18.2 Å². The molecule has 9 nitrogen and oxygen atoms in total. The van der Waals surface area contributed by atoms with Gasteiger partial charge in [0.05, 0.1) is 17.2 Å². The van der Waals surface area contributed by atoms with E-state index in [0.29, 0.717) is 0 Å². The van der Waals surface area contributed by atoms with E-state index in [-0.39, 0.29) is 28.8 Å². The van der Waals surface area contributed by atoms with Gasteiger partial charge >= 0.3 is 5.97 Å². The highest BCUT2D eigenvalue weighted by atomic mass is 35.5. The van der Waals surface area contributed by atoms with Crippen molar-refractivity contribution >= 4 is 23.3 Å². The topological polar surface area (TPSA) is 113 Å². The van der Waals surface area contributed by atoms with Crippen LogP contribution in [0.25, 0.3) is 5.69 Å². The molecule has 104 valence electrons. The highest BCUT2D eigenvalue weighted by Gasteiger charge is 2.20. The van der Waals surface area contributed by atoms with Gasteiger partial charge in [0.25, 0.3) is 11.5 Å². The summed E-state index contributed by atoms with van der Waals surface area (Å²) in [7, 11) is 0. The highest BCUT2D eigenvalue weighted by molar-refractivity contribution is 6.32. The molecule has 0 atom stereocenters. The molecular weight excluding hydrogens is 290 g/mol. The van der Waals surface area contributed by atoms with Crippen LogP contribution in [0.3, 0.4) is 0 Å². The van der Waals surface area contributed by atoms with Crippen molar-refractivity contribution in [3.63, 3.8) is 0 Å². The van der Waals surface area contributed by atoms with E-state index in [1.807, 2.05) is 0 Å².